The monoisotopic (exact) mass is 488 g/mol. The molecule has 8 nitrogen and oxygen atoms in total. The van der Waals surface area contributed by atoms with Crippen molar-refractivity contribution in [2.75, 3.05) is 12.3 Å². The first-order valence-corrected chi connectivity index (χ1v) is 10.5. The first-order chi connectivity index (χ1) is 16.6. The molecule has 0 unspecified atom stereocenters. The van der Waals surface area contributed by atoms with Crippen LogP contribution in [0.4, 0.5) is 23.5 Å². The van der Waals surface area contributed by atoms with Crippen LogP contribution in [-0.4, -0.2) is 43.1 Å². The lowest BCUT2D eigenvalue weighted by Crippen LogP contribution is -2.41. The zero-order valence-corrected chi connectivity index (χ0v) is 18.3. The maximum atomic E-state index is 15.5. The smallest absolute Gasteiger partial charge is 0.295 e. The standard InChI is InChI=1S/C23H20F4N6O2/c1-2-12-3-5-15(13-7-8-33-17(9-13)31-22(28)32-33)19(25)18(12)21(35)30-11-23(26,27)20(34)16-6-4-14(24)10-29-16/h3-10,20,34H,2,11H2,1H3,(H2,28,32)(H,30,35)/t20-/m0/s1. The van der Waals surface area contributed by atoms with E-state index in [4.69, 9.17) is 5.73 Å². The average molecular weight is 488 g/mol. The van der Waals surface area contributed by atoms with Crippen LogP contribution in [0.1, 0.15) is 34.6 Å². The molecule has 0 saturated heterocycles. The van der Waals surface area contributed by atoms with Crippen molar-refractivity contribution in [2.24, 2.45) is 0 Å². The van der Waals surface area contributed by atoms with Crippen LogP contribution in [0.3, 0.4) is 0 Å². The first-order valence-electron chi connectivity index (χ1n) is 10.5. The average Bonchev–Trinajstić information content (AvgIpc) is 3.21. The van der Waals surface area contributed by atoms with Gasteiger partial charge in [-0.3, -0.25) is 9.78 Å². The maximum absolute atomic E-state index is 15.5. The molecule has 3 heterocycles. The number of nitrogens with two attached hydrogens (primary N) is 1. The summed E-state index contributed by atoms with van der Waals surface area (Å²) in [7, 11) is 0. The lowest BCUT2D eigenvalue weighted by molar-refractivity contribution is -0.108. The molecule has 182 valence electrons. The van der Waals surface area contributed by atoms with Crippen LogP contribution < -0.4 is 11.1 Å². The van der Waals surface area contributed by atoms with Crippen LogP contribution >= 0.6 is 0 Å². The van der Waals surface area contributed by atoms with Crippen molar-refractivity contribution in [3.05, 3.63) is 77.2 Å². The Hall–Kier alpha value is -4.06. The number of alkyl halides is 2. The third kappa shape index (κ3) is 4.78. The van der Waals surface area contributed by atoms with Crippen LogP contribution in [0.5, 0.6) is 0 Å². The number of aliphatic hydroxyl groups excluding tert-OH is 1. The molecule has 0 spiro atoms. The topological polar surface area (TPSA) is 118 Å². The summed E-state index contributed by atoms with van der Waals surface area (Å²) in [4.78, 5) is 20.3. The van der Waals surface area contributed by atoms with Gasteiger partial charge in [-0.05, 0) is 41.8 Å². The number of halogens is 4. The van der Waals surface area contributed by atoms with Crippen LogP contribution in [0, 0.1) is 11.6 Å². The number of amides is 1. The number of aromatic nitrogens is 4. The summed E-state index contributed by atoms with van der Waals surface area (Å²) < 4.78 is 59.0. The number of aryl methyl sites for hydroxylation is 1. The van der Waals surface area contributed by atoms with Crippen molar-refractivity contribution in [2.45, 2.75) is 25.4 Å². The third-order valence-electron chi connectivity index (χ3n) is 5.42. The van der Waals surface area contributed by atoms with Crippen LogP contribution in [0.2, 0.25) is 0 Å². The minimum atomic E-state index is -3.86. The van der Waals surface area contributed by atoms with E-state index < -0.39 is 47.4 Å². The van der Waals surface area contributed by atoms with Crippen molar-refractivity contribution in [3.8, 4) is 11.1 Å². The number of hydrogen-bond acceptors (Lipinski definition) is 6. The highest BCUT2D eigenvalue weighted by Crippen LogP contribution is 2.31. The Morgan fingerprint density at radius 3 is 2.69 bits per heavy atom. The van der Waals surface area contributed by atoms with Crippen molar-refractivity contribution < 1.29 is 27.5 Å². The molecule has 4 N–H and O–H groups in total. The molecular formula is C23H20F4N6O2. The molecule has 0 aliphatic heterocycles. The van der Waals surface area contributed by atoms with Crippen LogP contribution in [0.15, 0.2) is 48.8 Å². The van der Waals surface area contributed by atoms with E-state index in [2.05, 4.69) is 15.1 Å². The maximum Gasteiger partial charge on any atom is 0.295 e. The van der Waals surface area contributed by atoms with Crippen LogP contribution in [0.25, 0.3) is 16.8 Å². The van der Waals surface area contributed by atoms with E-state index in [0.29, 0.717) is 23.0 Å². The predicted molar refractivity (Wildman–Crippen MR) is 119 cm³/mol. The molecule has 0 fully saturated rings. The zero-order valence-electron chi connectivity index (χ0n) is 18.3. The van der Waals surface area contributed by atoms with Gasteiger partial charge in [0.1, 0.15) is 11.6 Å². The number of nitrogens with zero attached hydrogens (tertiary/aromatic N) is 4. The van der Waals surface area contributed by atoms with Crippen molar-refractivity contribution in [3.63, 3.8) is 0 Å². The van der Waals surface area contributed by atoms with Gasteiger partial charge in [0.25, 0.3) is 11.8 Å². The van der Waals surface area contributed by atoms with E-state index in [1.165, 1.54) is 28.9 Å². The number of anilines is 1. The summed E-state index contributed by atoms with van der Waals surface area (Å²) in [6.45, 7) is 0.388. The van der Waals surface area contributed by atoms with Crippen molar-refractivity contribution in [1.82, 2.24) is 24.9 Å². The molecule has 4 rings (SSSR count). The summed E-state index contributed by atoms with van der Waals surface area (Å²) in [5.74, 6) is -6.56. The van der Waals surface area contributed by atoms with Gasteiger partial charge in [0.2, 0.25) is 5.95 Å². The van der Waals surface area contributed by atoms with Crippen molar-refractivity contribution in [1.29, 1.82) is 0 Å². The summed E-state index contributed by atoms with van der Waals surface area (Å²) in [5.41, 5.74) is 5.80. The molecule has 0 radical (unpaired) electrons. The highest BCUT2D eigenvalue weighted by atomic mass is 19.3. The fraction of sp³-hybridized carbons (Fsp3) is 0.217. The molecule has 0 aliphatic rings. The number of pyridine rings is 2. The molecule has 0 saturated carbocycles. The van der Waals surface area contributed by atoms with E-state index in [1.54, 1.807) is 13.0 Å². The van der Waals surface area contributed by atoms with Gasteiger partial charge in [-0.2, -0.15) is 4.98 Å². The SMILES string of the molecule is CCc1ccc(-c2ccn3nc(N)nc3c2)c(F)c1C(=O)NCC(F)(F)[C@@H](O)c1ccc(F)cn1. The Morgan fingerprint density at radius 2 is 2.00 bits per heavy atom. The number of carbonyl (C=O) groups is 1. The van der Waals surface area contributed by atoms with E-state index in [9.17, 15) is 23.1 Å². The fourth-order valence-electron chi connectivity index (χ4n) is 3.59. The predicted octanol–water partition coefficient (Wildman–Crippen LogP) is 3.31. The van der Waals surface area contributed by atoms with Gasteiger partial charge in [0.05, 0.1) is 24.0 Å². The van der Waals surface area contributed by atoms with E-state index in [0.717, 1.165) is 12.1 Å². The Labute approximate surface area is 196 Å². The van der Waals surface area contributed by atoms with Crippen LogP contribution in [-0.2, 0) is 6.42 Å². The van der Waals surface area contributed by atoms with Gasteiger partial charge < -0.3 is 16.2 Å². The zero-order chi connectivity index (χ0) is 25.3. The molecular weight excluding hydrogens is 468 g/mol. The summed E-state index contributed by atoms with van der Waals surface area (Å²) in [6.07, 6.45) is 0.0600. The number of aliphatic hydroxyl groups is 1. The number of nitrogens with one attached hydrogen (secondary N) is 1. The Bertz CT molecular complexity index is 1390. The van der Waals surface area contributed by atoms with E-state index in [1.807, 2.05) is 5.32 Å². The number of rotatable bonds is 7. The molecule has 1 amide bonds. The Morgan fingerprint density at radius 1 is 1.23 bits per heavy atom. The minimum absolute atomic E-state index is 0.0305. The molecule has 0 aliphatic carbocycles. The second-order valence-electron chi connectivity index (χ2n) is 7.75. The fourth-order valence-corrected chi connectivity index (χ4v) is 3.59. The second kappa shape index (κ2) is 9.29. The summed E-state index contributed by atoms with van der Waals surface area (Å²) in [5, 5.41) is 15.9. The van der Waals surface area contributed by atoms with E-state index >= 15 is 4.39 Å². The lowest BCUT2D eigenvalue weighted by atomic mass is 9.96. The van der Waals surface area contributed by atoms with Gasteiger partial charge in [0.15, 0.2) is 11.8 Å². The second-order valence-corrected chi connectivity index (χ2v) is 7.75. The highest BCUT2D eigenvalue weighted by Gasteiger charge is 2.41. The number of benzene rings is 1. The van der Waals surface area contributed by atoms with Gasteiger partial charge in [-0.15, -0.1) is 5.10 Å². The quantitative estimate of drug-likeness (QED) is 0.344. The largest absolute Gasteiger partial charge is 0.380 e. The first kappa shape index (κ1) is 24.1. The molecule has 1 aromatic carbocycles. The number of nitrogen functional groups attached to an aromatic ring is 1. The third-order valence-corrected chi connectivity index (χ3v) is 5.42. The Balaban J connectivity index is 1.60. The van der Waals surface area contributed by atoms with Gasteiger partial charge in [0, 0.05) is 11.8 Å². The van der Waals surface area contributed by atoms with E-state index in [-0.39, 0.29) is 17.9 Å². The minimum Gasteiger partial charge on any atom is -0.380 e. The lowest BCUT2D eigenvalue weighted by Gasteiger charge is -2.23. The molecule has 4 aromatic rings. The van der Waals surface area contributed by atoms with Gasteiger partial charge >= 0.3 is 0 Å². The Kier molecular flexibility index (Phi) is 6.39. The molecule has 12 heteroatoms. The highest BCUT2D eigenvalue weighted by molar-refractivity contribution is 5.97. The summed E-state index contributed by atoms with van der Waals surface area (Å²) >= 11 is 0. The molecule has 35 heavy (non-hydrogen) atoms. The molecule has 3 aromatic heterocycles. The van der Waals surface area contributed by atoms with Gasteiger partial charge in [-0.1, -0.05) is 19.1 Å². The number of fused-ring (bicyclic) bond motifs is 1. The van der Waals surface area contributed by atoms with Gasteiger partial charge in [-0.25, -0.2) is 22.1 Å². The number of hydrogen-bond donors (Lipinski definition) is 3. The van der Waals surface area contributed by atoms with Crippen molar-refractivity contribution >= 4 is 17.5 Å². The summed E-state index contributed by atoms with van der Waals surface area (Å²) in [6, 6.07) is 7.87. The molecule has 0 bridgehead atoms. The number of carbonyl (C=O) groups excluding carboxylic acids is 1. The normalized spacial score (nSPS) is 12.6. The molecule has 1 atom stereocenters.